The van der Waals surface area contributed by atoms with Gasteiger partial charge in [0.2, 0.25) is 0 Å². The summed E-state index contributed by atoms with van der Waals surface area (Å²) < 4.78 is 2.05. The second-order valence-corrected chi connectivity index (χ2v) is 3.96. The molecule has 2 N–H and O–H groups in total. The SMILES string of the molecule is NC(=S)c1cccn1CCc1ccccn1. The Morgan fingerprint density at radius 1 is 1.31 bits per heavy atom. The quantitative estimate of drug-likeness (QED) is 0.815. The first kappa shape index (κ1) is 10.8. The fourth-order valence-electron chi connectivity index (χ4n) is 1.61. The molecule has 0 radical (unpaired) electrons. The van der Waals surface area contributed by atoms with Crippen LogP contribution in [0.2, 0.25) is 0 Å². The molecular formula is C12H13N3S. The van der Waals surface area contributed by atoms with Gasteiger partial charge in [0.25, 0.3) is 0 Å². The molecule has 0 amide bonds. The van der Waals surface area contributed by atoms with Crippen molar-refractivity contribution in [1.82, 2.24) is 9.55 Å². The van der Waals surface area contributed by atoms with Crippen molar-refractivity contribution in [2.45, 2.75) is 13.0 Å². The first-order valence-corrected chi connectivity index (χ1v) is 5.53. The van der Waals surface area contributed by atoms with Crippen LogP contribution in [0.4, 0.5) is 0 Å². The number of hydrogen-bond acceptors (Lipinski definition) is 2. The van der Waals surface area contributed by atoms with Crippen LogP contribution in [-0.4, -0.2) is 14.5 Å². The maximum Gasteiger partial charge on any atom is 0.120 e. The van der Waals surface area contributed by atoms with Crippen LogP contribution in [0, 0.1) is 0 Å². The summed E-state index contributed by atoms with van der Waals surface area (Å²) in [6, 6.07) is 9.81. The molecule has 4 heteroatoms. The Labute approximate surface area is 99.9 Å². The van der Waals surface area contributed by atoms with Crippen LogP contribution in [0.3, 0.4) is 0 Å². The van der Waals surface area contributed by atoms with Gasteiger partial charge < -0.3 is 10.3 Å². The summed E-state index contributed by atoms with van der Waals surface area (Å²) in [5.41, 5.74) is 7.61. The number of aryl methyl sites for hydroxylation is 2. The van der Waals surface area contributed by atoms with Crippen molar-refractivity contribution in [3.63, 3.8) is 0 Å². The molecule has 0 atom stereocenters. The summed E-state index contributed by atoms with van der Waals surface area (Å²) in [5.74, 6) is 0. The highest BCUT2D eigenvalue weighted by atomic mass is 32.1. The Hall–Kier alpha value is -1.68. The summed E-state index contributed by atoms with van der Waals surface area (Å²) >= 11 is 4.98. The lowest BCUT2D eigenvalue weighted by atomic mass is 10.2. The van der Waals surface area contributed by atoms with Gasteiger partial charge in [0, 0.05) is 31.1 Å². The highest BCUT2D eigenvalue weighted by molar-refractivity contribution is 7.80. The van der Waals surface area contributed by atoms with E-state index in [1.54, 1.807) is 6.20 Å². The number of rotatable bonds is 4. The van der Waals surface area contributed by atoms with E-state index in [0.717, 1.165) is 24.4 Å². The Morgan fingerprint density at radius 3 is 2.88 bits per heavy atom. The molecule has 0 fully saturated rings. The Kier molecular flexibility index (Phi) is 3.31. The Bertz CT molecular complexity index is 476. The molecule has 0 aliphatic rings. The van der Waals surface area contributed by atoms with Crippen LogP contribution in [-0.2, 0) is 13.0 Å². The zero-order chi connectivity index (χ0) is 11.4. The first-order chi connectivity index (χ1) is 7.77. The summed E-state index contributed by atoms with van der Waals surface area (Å²) in [6.07, 6.45) is 4.67. The van der Waals surface area contributed by atoms with E-state index in [2.05, 4.69) is 9.55 Å². The van der Waals surface area contributed by atoms with Crippen LogP contribution >= 0.6 is 12.2 Å². The first-order valence-electron chi connectivity index (χ1n) is 5.12. The van der Waals surface area contributed by atoms with Gasteiger partial charge in [-0.05, 0) is 24.3 Å². The highest BCUT2D eigenvalue weighted by Gasteiger charge is 2.03. The van der Waals surface area contributed by atoms with Crippen molar-refractivity contribution < 1.29 is 0 Å². The zero-order valence-corrected chi connectivity index (χ0v) is 9.65. The van der Waals surface area contributed by atoms with Gasteiger partial charge in [-0.3, -0.25) is 4.98 Å². The zero-order valence-electron chi connectivity index (χ0n) is 8.84. The predicted molar refractivity (Wildman–Crippen MR) is 68.3 cm³/mol. The normalized spacial score (nSPS) is 10.2. The fourth-order valence-corrected chi connectivity index (χ4v) is 1.80. The van der Waals surface area contributed by atoms with E-state index in [9.17, 15) is 0 Å². The van der Waals surface area contributed by atoms with Crippen molar-refractivity contribution in [3.8, 4) is 0 Å². The summed E-state index contributed by atoms with van der Waals surface area (Å²) in [5, 5.41) is 0. The molecule has 0 spiro atoms. The van der Waals surface area contributed by atoms with Gasteiger partial charge in [0.1, 0.15) is 4.99 Å². The highest BCUT2D eigenvalue weighted by Crippen LogP contribution is 2.04. The second-order valence-electron chi connectivity index (χ2n) is 3.52. The number of pyridine rings is 1. The largest absolute Gasteiger partial charge is 0.388 e. The number of hydrogen-bond donors (Lipinski definition) is 1. The summed E-state index contributed by atoms with van der Waals surface area (Å²) in [7, 11) is 0. The van der Waals surface area contributed by atoms with Crippen molar-refractivity contribution in [2.24, 2.45) is 5.73 Å². The van der Waals surface area contributed by atoms with Crippen molar-refractivity contribution in [3.05, 3.63) is 54.1 Å². The number of aromatic nitrogens is 2. The van der Waals surface area contributed by atoms with E-state index in [1.807, 2.05) is 36.5 Å². The molecule has 0 unspecified atom stereocenters. The lowest BCUT2D eigenvalue weighted by Crippen LogP contribution is -2.16. The van der Waals surface area contributed by atoms with Crippen molar-refractivity contribution >= 4 is 17.2 Å². The smallest absolute Gasteiger partial charge is 0.120 e. The van der Waals surface area contributed by atoms with Crippen LogP contribution in [0.1, 0.15) is 11.4 Å². The molecule has 2 rings (SSSR count). The van der Waals surface area contributed by atoms with E-state index in [0.29, 0.717) is 4.99 Å². The minimum absolute atomic E-state index is 0.436. The minimum Gasteiger partial charge on any atom is -0.388 e. The molecule has 2 aromatic heterocycles. The van der Waals surface area contributed by atoms with Gasteiger partial charge in [-0.15, -0.1) is 0 Å². The van der Waals surface area contributed by atoms with Gasteiger partial charge in [-0.25, -0.2) is 0 Å². The van der Waals surface area contributed by atoms with Gasteiger partial charge in [0.05, 0.1) is 5.69 Å². The van der Waals surface area contributed by atoms with Crippen LogP contribution in [0.25, 0.3) is 0 Å². The fraction of sp³-hybridized carbons (Fsp3) is 0.167. The molecular weight excluding hydrogens is 218 g/mol. The molecule has 0 saturated heterocycles. The molecule has 16 heavy (non-hydrogen) atoms. The molecule has 0 bridgehead atoms. The van der Waals surface area contributed by atoms with Crippen LogP contribution < -0.4 is 5.73 Å². The summed E-state index contributed by atoms with van der Waals surface area (Å²) in [4.78, 5) is 4.71. The van der Waals surface area contributed by atoms with Crippen LogP contribution in [0.15, 0.2) is 42.7 Å². The topological polar surface area (TPSA) is 43.8 Å². The average Bonchev–Trinajstić information content (AvgIpc) is 2.76. The van der Waals surface area contributed by atoms with Gasteiger partial charge in [0.15, 0.2) is 0 Å². The third-order valence-corrected chi connectivity index (χ3v) is 2.63. The lowest BCUT2D eigenvalue weighted by molar-refractivity contribution is 0.685. The van der Waals surface area contributed by atoms with Gasteiger partial charge in [-0.1, -0.05) is 18.3 Å². The Morgan fingerprint density at radius 2 is 2.19 bits per heavy atom. The third kappa shape index (κ3) is 2.46. The van der Waals surface area contributed by atoms with E-state index >= 15 is 0 Å². The molecule has 2 aromatic rings. The van der Waals surface area contributed by atoms with Gasteiger partial charge >= 0.3 is 0 Å². The molecule has 0 aromatic carbocycles. The summed E-state index contributed by atoms with van der Waals surface area (Å²) in [6.45, 7) is 0.844. The van der Waals surface area contributed by atoms with E-state index in [4.69, 9.17) is 18.0 Å². The lowest BCUT2D eigenvalue weighted by Gasteiger charge is -2.07. The minimum atomic E-state index is 0.436. The molecule has 0 aliphatic heterocycles. The van der Waals surface area contributed by atoms with E-state index in [1.165, 1.54) is 0 Å². The molecule has 0 saturated carbocycles. The standard InChI is InChI=1S/C12H13N3S/c13-12(16)11-5-3-8-15(11)9-6-10-4-1-2-7-14-10/h1-5,7-8H,6,9H2,(H2,13,16). The second kappa shape index (κ2) is 4.90. The number of nitrogens with two attached hydrogens (primary N) is 1. The van der Waals surface area contributed by atoms with Crippen molar-refractivity contribution in [1.29, 1.82) is 0 Å². The number of nitrogens with zero attached hydrogens (tertiary/aromatic N) is 2. The average molecular weight is 231 g/mol. The van der Waals surface area contributed by atoms with Crippen molar-refractivity contribution in [2.75, 3.05) is 0 Å². The van der Waals surface area contributed by atoms with Crippen LogP contribution in [0.5, 0.6) is 0 Å². The maximum absolute atomic E-state index is 5.62. The molecule has 3 nitrogen and oxygen atoms in total. The molecule has 82 valence electrons. The van der Waals surface area contributed by atoms with E-state index in [-0.39, 0.29) is 0 Å². The van der Waals surface area contributed by atoms with Gasteiger partial charge in [-0.2, -0.15) is 0 Å². The van der Waals surface area contributed by atoms with E-state index < -0.39 is 0 Å². The third-order valence-electron chi connectivity index (χ3n) is 2.42. The monoisotopic (exact) mass is 231 g/mol. The molecule has 0 aliphatic carbocycles. The Balaban J connectivity index is 2.05. The maximum atomic E-state index is 5.62. The predicted octanol–water partition coefficient (Wildman–Crippen LogP) is 1.76. The number of thiocarbonyl (C=S) groups is 1. The molecule has 2 heterocycles.